The molecule has 0 aliphatic carbocycles. The maximum atomic E-state index is 11.9. The number of hydrogen-bond acceptors (Lipinski definition) is 6. The van der Waals surface area contributed by atoms with Crippen molar-refractivity contribution in [2.75, 3.05) is 0 Å². The molecule has 9 heteroatoms. The molecule has 0 bridgehead atoms. The van der Waals surface area contributed by atoms with E-state index in [-0.39, 0.29) is 6.42 Å². The summed E-state index contributed by atoms with van der Waals surface area (Å²) in [6, 6.07) is 2.09. The van der Waals surface area contributed by atoms with Crippen molar-refractivity contribution in [1.29, 1.82) is 0 Å². The van der Waals surface area contributed by atoms with Gasteiger partial charge in [-0.3, -0.25) is 4.79 Å². The zero-order chi connectivity index (χ0) is 16.2. The molecule has 1 aromatic rings. The van der Waals surface area contributed by atoms with E-state index in [9.17, 15) is 24.6 Å². The van der Waals surface area contributed by atoms with E-state index >= 15 is 0 Å². The minimum Gasteiger partial charge on any atom is -0.492 e. The average molecular weight is 299 g/mol. The summed E-state index contributed by atoms with van der Waals surface area (Å²) in [5.74, 6) is -6.47. The molecule has 1 heterocycles. The Morgan fingerprint density at radius 3 is 2.14 bits per heavy atom. The van der Waals surface area contributed by atoms with Crippen LogP contribution in [0.2, 0.25) is 0 Å². The number of nitrogens with zero attached hydrogens (tertiary/aromatic N) is 1. The van der Waals surface area contributed by atoms with Crippen LogP contribution in [0.15, 0.2) is 24.3 Å². The lowest BCUT2D eigenvalue weighted by molar-refractivity contribution is -0.151. The van der Waals surface area contributed by atoms with Gasteiger partial charge in [-0.2, -0.15) is 0 Å². The topological polar surface area (TPSA) is 146 Å². The van der Waals surface area contributed by atoms with Crippen molar-refractivity contribution in [3.05, 3.63) is 24.3 Å². The highest BCUT2D eigenvalue weighted by Crippen LogP contribution is 2.22. The number of rotatable bonds is 7. The molecule has 0 radical (unpaired) electrons. The first-order chi connectivity index (χ1) is 9.73. The fourth-order valence-corrected chi connectivity index (χ4v) is 1.50. The van der Waals surface area contributed by atoms with Gasteiger partial charge in [-0.25, -0.2) is 9.59 Å². The van der Waals surface area contributed by atoms with Crippen LogP contribution in [0.4, 0.5) is 0 Å². The van der Waals surface area contributed by atoms with E-state index in [4.69, 9.17) is 10.2 Å². The lowest BCUT2D eigenvalue weighted by atomic mass is 9.95. The van der Waals surface area contributed by atoms with Gasteiger partial charge in [-0.1, -0.05) is 6.58 Å². The molecular weight excluding hydrogens is 286 g/mol. The van der Waals surface area contributed by atoms with Crippen molar-refractivity contribution < 1.29 is 39.6 Å². The van der Waals surface area contributed by atoms with Crippen LogP contribution < -0.4 is 4.84 Å². The summed E-state index contributed by atoms with van der Waals surface area (Å²) < 4.78 is 0.380. The van der Waals surface area contributed by atoms with E-state index in [0.717, 1.165) is 12.1 Å². The lowest BCUT2D eigenvalue weighted by Gasteiger charge is -2.15. The van der Waals surface area contributed by atoms with Crippen molar-refractivity contribution in [3.63, 3.8) is 0 Å². The van der Waals surface area contributed by atoms with Gasteiger partial charge in [0.2, 0.25) is 11.8 Å². The van der Waals surface area contributed by atoms with Gasteiger partial charge in [0.15, 0.2) is 0 Å². The quantitative estimate of drug-likeness (QED) is 0.513. The highest BCUT2D eigenvalue weighted by atomic mass is 16.7. The summed E-state index contributed by atoms with van der Waals surface area (Å²) in [7, 11) is 0. The number of carboxylic acids is 2. The van der Waals surface area contributed by atoms with E-state index in [1.54, 1.807) is 0 Å². The van der Waals surface area contributed by atoms with Crippen molar-refractivity contribution in [2.45, 2.75) is 12.8 Å². The molecule has 0 saturated carbocycles. The fourth-order valence-electron chi connectivity index (χ4n) is 1.50. The van der Waals surface area contributed by atoms with Crippen LogP contribution in [-0.2, 0) is 14.4 Å². The average Bonchev–Trinajstić information content (AvgIpc) is 2.70. The van der Waals surface area contributed by atoms with Crippen molar-refractivity contribution in [1.82, 2.24) is 4.73 Å². The van der Waals surface area contributed by atoms with Crippen LogP contribution in [0.3, 0.4) is 0 Å². The highest BCUT2D eigenvalue weighted by molar-refractivity contribution is 5.94. The van der Waals surface area contributed by atoms with Gasteiger partial charge >= 0.3 is 17.9 Å². The molecule has 1 rings (SSSR count). The summed E-state index contributed by atoms with van der Waals surface area (Å²) in [6.45, 7) is 3.20. The molecule has 1 unspecified atom stereocenters. The summed E-state index contributed by atoms with van der Waals surface area (Å²) in [4.78, 5) is 37.9. The molecule has 0 amide bonds. The first kappa shape index (κ1) is 16.1. The van der Waals surface area contributed by atoms with E-state index in [2.05, 4.69) is 11.4 Å². The van der Waals surface area contributed by atoms with E-state index in [1.807, 2.05) is 0 Å². The molecule has 4 N–H and O–H groups in total. The summed E-state index contributed by atoms with van der Waals surface area (Å²) in [6.07, 6.45) is -0.822. The van der Waals surface area contributed by atoms with E-state index in [0.29, 0.717) is 4.73 Å². The fraction of sp³-hybridized carbons (Fsp3) is 0.250. The molecule has 0 fully saturated rings. The Morgan fingerprint density at radius 1 is 1.19 bits per heavy atom. The lowest BCUT2D eigenvalue weighted by Crippen LogP contribution is -2.30. The Hall–Kier alpha value is -2.97. The second-order valence-corrected chi connectivity index (χ2v) is 4.07. The molecule has 0 aromatic carbocycles. The van der Waals surface area contributed by atoms with Gasteiger partial charge in [0, 0.05) is 24.1 Å². The summed E-state index contributed by atoms with van der Waals surface area (Å²) in [5, 5.41) is 36.1. The van der Waals surface area contributed by atoms with Gasteiger partial charge in [0.1, 0.15) is 0 Å². The molecule has 0 aliphatic rings. The molecular formula is C12H13NO8. The number of aliphatic carboxylic acids is 2. The van der Waals surface area contributed by atoms with Crippen LogP contribution in [0.25, 0.3) is 0 Å². The Labute approximate surface area is 118 Å². The summed E-state index contributed by atoms with van der Waals surface area (Å²) >= 11 is 0. The Kier molecular flexibility index (Phi) is 4.95. The van der Waals surface area contributed by atoms with Crippen LogP contribution in [0.5, 0.6) is 11.8 Å². The van der Waals surface area contributed by atoms with Gasteiger partial charge < -0.3 is 25.3 Å². The standard InChI is InChI=1S/C12H13NO8/c1-6(11(18)19)7(2-5-10(16)17)12(20)21-13-8(14)3-4-9(13)15/h3-4,7,14-15H,1-2,5H2,(H,16,17)(H,18,19). The Morgan fingerprint density at radius 2 is 1.71 bits per heavy atom. The number of carbonyl (C=O) groups is 3. The zero-order valence-corrected chi connectivity index (χ0v) is 10.7. The first-order valence-electron chi connectivity index (χ1n) is 5.69. The highest BCUT2D eigenvalue weighted by Gasteiger charge is 2.29. The second kappa shape index (κ2) is 6.46. The predicted octanol–water partition coefficient (Wildman–Crippen LogP) is -0.0237. The SMILES string of the molecule is C=C(C(=O)O)C(CCC(=O)O)C(=O)On1c(O)ccc1O. The predicted molar refractivity (Wildman–Crippen MR) is 66.5 cm³/mol. The number of aromatic nitrogens is 1. The maximum absolute atomic E-state index is 11.9. The molecule has 21 heavy (non-hydrogen) atoms. The van der Waals surface area contributed by atoms with E-state index < -0.39 is 47.6 Å². The molecule has 1 aromatic heterocycles. The molecule has 114 valence electrons. The number of aromatic hydroxyl groups is 2. The van der Waals surface area contributed by atoms with Gasteiger partial charge in [-0.15, -0.1) is 4.73 Å². The van der Waals surface area contributed by atoms with Crippen LogP contribution in [-0.4, -0.2) is 43.1 Å². The maximum Gasteiger partial charge on any atom is 0.340 e. The molecule has 0 aliphatic heterocycles. The van der Waals surface area contributed by atoms with Crippen molar-refractivity contribution >= 4 is 17.9 Å². The molecule has 9 nitrogen and oxygen atoms in total. The largest absolute Gasteiger partial charge is 0.492 e. The number of carboxylic acid groups (broad SMARTS) is 2. The minimum absolute atomic E-state index is 0.345. The van der Waals surface area contributed by atoms with Crippen molar-refractivity contribution in [2.24, 2.45) is 5.92 Å². The third kappa shape index (κ3) is 4.00. The van der Waals surface area contributed by atoms with Gasteiger partial charge in [0.25, 0.3) is 0 Å². The number of carbonyl (C=O) groups excluding carboxylic acids is 1. The second-order valence-electron chi connectivity index (χ2n) is 4.07. The Bertz CT molecular complexity index is 569. The molecule has 1 atom stereocenters. The Balaban J connectivity index is 2.92. The van der Waals surface area contributed by atoms with Crippen LogP contribution >= 0.6 is 0 Å². The summed E-state index contributed by atoms with van der Waals surface area (Å²) in [5.41, 5.74) is -0.549. The van der Waals surface area contributed by atoms with Gasteiger partial charge in [-0.05, 0) is 6.42 Å². The van der Waals surface area contributed by atoms with E-state index in [1.165, 1.54) is 0 Å². The third-order valence-corrected chi connectivity index (χ3v) is 2.61. The zero-order valence-electron chi connectivity index (χ0n) is 10.7. The molecule has 0 spiro atoms. The molecule has 0 saturated heterocycles. The minimum atomic E-state index is -1.48. The number of hydrogen-bond donors (Lipinski definition) is 4. The third-order valence-electron chi connectivity index (χ3n) is 2.61. The normalized spacial score (nSPS) is 11.6. The van der Waals surface area contributed by atoms with Crippen molar-refractivity contribution in [3.8, 4) is 11.8 Å². The smallest absolute Gasteiger partial charge is 0.340 e. The van der Waals surface area contributed by atoms with Gasteiger partial charge in [0.05, 0.1) is 5.92 Å². The first-order valence-corrected chi connectivity index (χ1v) is 5.69. The monoisotopic (exact) mass is 299 g/mol. The van der Waals surface area contributed by atoms with Crippen LogP contribution in [0, 0.1) is 5.92 Å². The van der Waals surface area contributed by atoms with Crippen LogP contribution in [0.1, 0.15) is 12.8 Å².